The van der Waals surface area contributed by atoms with Crippen molar-refractivity contribution in [2.24, 2.45) is 0 Å². The molecule has 0 spiro atoms. The van der Waals surface area contributed by atoms with E-state index in [-0.39, 0.29) is 24.8 Å². The molecule has 164 valence electrons. The molecule has 8 nitrogen and oxygen atoms in total. The van der Waals surface area contributed by atoms with E-state index in [0.29, 0.717) is 24.0 Å². The minimum atomic E-state index is -0.0246. The van der Waals surface area contributed by atoms with E-state index in [1.165, 1.54) is 19.3 Å². The zero-order valence-electron chi connectivity index (χ0n) is 17.5. The van der Waals surface area contributed by atoms with Gasteiger partial charge in [-0.05, 0) is 37.8 Å². The number of hydrogen-bond acceptors (Lipinski definition) is 5. The van der Waals surface area contributed by atoms with E-state index in [9.17, 15) is 9.59 Å². The lowest BCUT2D eigenvalue weighted by atomic mass is 9.96. The summed E-state index contributed by atoms with van der Waals surface area (Å²) in [5, 5.41) is 9.17. The Kier molecular flexibility index (Phi) is 6.94. The summed E-state index contributed by atoms with van der Waals surface area (Å²) in [5.41, 5.74) is 0.719. The maximum Gasteiger partial charge on any atom is 0.315 e. The van der Waals surface area contributed by atoms with Crippen molar-refractivity contribution in [3.8, 4) is 11.5 Å². The summed E-state index contributed by atoms with van der Waals surface area (Å²) in [6, 6.07) is 5.94. The molecule has 1 aromatic carbocycles. The fraction of sp³-hybridized carbons (Fsp3) is 0.636. The van der Waals surface area contributed by atoms with Gasteiger partial charge < -0.3 is 30.3 Å². The Morgan fingerprint density at radius 3 is 2.40 bits per heavy atom. The van der Waals surface area contributed by atoms with Crippen molar-refractivity contribution < 1.29 is 19.1 Å². The number of likely N-dealkylation sites (tertiary alicyclic amines) is 1. The summed E-state index contributed by atoms with van der Waals surface area (Å²) in [6.45, 7) is 2.73. The molecule has 0 bridgehead atoms. The average molecular weight is 417 g/mol. The first-order chi connectivity index (χ1) is 14.7. The number of benzene rings is 1. The Balaban J connectivity index is 1.12. The molecule has 0 aromatic heterocycles. The molecule has 3 N–H and O–H groups in total. The van der Waals surface area contributed by atoms with Gasteiger partial charge in [0, 0.05) is 49.9 Å². The third-order valence-corrected chi connectivity index (χ3v) is 6.17. The van der Waals surface area contributed by atoms with Crippen molar-refractivity contribution in [1.29, 1.82) is 0 Å². The third kappa shape index (κ3) is 5.78. The molecule has 0 radical (unpaired) electrons. The molecular formula is C22H32N4O4. The summed E-state index contributed by atoms with van der Waals surface area (Å²) < 4.78 is 10.6. The minimum Gasteiger partial charge on any atom is -0.454 e. The van der Waals surface area contributed by atoms with Gasteiger partial charge in [-0.3, -0.25) is 4.79 Å². The average Bonchev–Trinajstić information content (AvgIpc) is 3.22. The van der Waals surface area contributed by atoms with Gasteiger partial charge in [0.25, 0.3) is 0 Å². The van der Waals surface area contributed by atoms with Gasteiger partial charge in [-0.2, -0.15) is 0 Å². The van der Waals surface area contributed by atoms with Gasteiger partial charge in [0.15, 0.2) is 11.5 Å². The lowest BCUT2D eigenvalue weighted by molar-refractivity contribution is -0.116. The number of urea groups is 1. The van der Waals surface area contributed by atoms with Crippen LogP contribution in [0.1, 0.15) is 51.4 Å². The fourth-order valence-electron chi connectivity index (χ4n) is 4.42. The Morgan fingerprint density at radius 2 is 1.63 bits per heavy atom. The Hall–Kier alpha value is -2.48. The van der Waals surface area contributed by atoms with Crippen molar-refractivity contribution in [2.75, 3.05) is 31.7 Å². The molecule has 2 fully saturated rings. The van der Waals surface area contributed by atoms with Crippen molar-refractivity contribution in [3.63, 3.8) is 0 Å². The molecule has 1 saturated carbocycles. The maximum absolute atomic E-state index is 12.3. The quantitative estimate of drug-likeness (QED) is 0.663. The number of nitrogens with zero attached hydrogens (tertiary/aromatic N) is 1. The van der Waals surface area contributed by atoms with Crippen LogP contribution in [-0.2, 0) is 4.79 Å². The van der Waals surface area contributed by atoms with Crippen LogP contribution in [-0.4, -0.2) is 55.3 Å². The van der Waals surface area contributed by atoms with Gasteiger partial charge in [-0.1, -0.05) is 19.3 Å². The number of nitrogens with one attached hydrogen (secondary N) is 3. The van der Waals surface area contributed by atoms with Crippen LogP contribution in [0.2, 0.25) is 0 Å². The number of ether oxygens (including phenoxy) is 2. The molecule has 0 unspecified atom stereocenters. The summed E-state index contributed by atoms with van der Waals surface area (Å²) in [4.78, 5) is 26.8. The number of carbonyl (C=O) groups excluding carboxylic acids is 2. The fourth-order valence-corrected chi connectivity index (χ4v) is 4.42. The second-order valence-electron chi connectivity index (χ2n) is 8.43. The van der Waals surface area contributed by atoms with Crippen LogP contribution in [0.15, 0.2) is 18.2 Å². The number of amides is 3. The minimum absolute atomic E-state index is 0.0130. The molecule has 4 rings (SSSR count). The highest BCUT2D eigenvalue weighted by Crippen LogP contribution is 2.34. The monoisotopic (exact) mass is 416 g/mol. The highest BCUT2D eigenvalue weighted by atomic mass is 16.7. The predicted octanol–water partition coefficient (Wildman–Crippen LogP) is 2.84. The summed E-state index contributed by atoms with van der Waals surface area (Å²) in [7, 11) is 0. The zero-order chi connectivity index (χ0) is 20.8. The molecule has 2 heterocycles. The number of piperidine rings is 1. The maximum atomic E-state index is 12.3. The second-order valence-corrected chi connectivity index (χ2v) is 8.43. The molecule has 8 heteroatoms. The van der Waals surface area contributed by atoms with Crippen LogP contribution in [0, 0.1) is 0 Å². The summed E-state index contributed by atoms with van der Waals surface area (Å²) >= 11 is 0. The van der Waals surface area contributed by atoms with Crippen molar-refractivity contribution in [1.82, 2.24) is 15.5 Å². The third-order valence-electron chi connectivity index (χ3n) is 6.17. The molecular weight excluding hydrogens is 384 g/mol. The number of anilines is 1. The normalized spacial score (nSPS) is 20.0. The van der Waals surface area contributed by atoms with Gasteiger partial charge in [-0.25, -0.2) is 4.79 Å². The summed E-state index contributed by atoms with van der Waals surface area (Å²) in [5.74, 6) is 1.35. The van der Waals surface area contributed by atoms with E-state index in [0.717, 1.165) is 51.0 Å². The van der Waals surface area contributed by atoms with E-state index in [4.69, 9.17) is 9.47 Å². The van der Waals surface area contributed by atoms with E-state index in [2.05, 4.69) is 20.9 Å². The van der Waals surface area contributed by atoms with Crippen LogP contribution in [0.4, 0.5) is 10.5 Å². The van der Waals surface area contributed by atoms with Crippen molar-refractivity contribution in [3.05, 3.63) is 18.2 Å². The standard InChI is InChI=1S/C22H32N4O4/c27-21(23-18-6-7-19-20(14-18)30-15-29-19)10-13-26-11-8-17(9-12-26)25-22(28)24-16-4-2-1-3-5-16/h6-7,14,16-17H,1-5,8-13,15H2,(H,23,27)(H2,24,25,28). The number of hydrogen-bond donors (Lipinski definition) is 3. The Labute approximate surface area is 177 Å². The second kappa shape index (κ2) is 10.0. The molecule has 1 saturated heterocycles. The first-order valence-corrected chi connectivity index (χ1v) is 11.1. The first-order valence-electron chi connectivity index (χ1n) is 11.1. The van der Waals surface area contributed by atoms with Crippen LogP contribution >= 0.6 is 0 Å². The van der Waals surface area contributed by atoms with E-state index >= 15 is 0 Å². The van der Waals surface area contributed by atoms with Gasteiger partial charge in [0.05, 0.1) is 0 Å². The molecule has 3 aliphatic rings. The predicted molar refractivity (Wildman–Crippen MR) is 114 cm³/mol. The smallest absolute Gasteiger partial charge is 0.315 e. The molecule has 3 amide bonds. The number of rotatable bonds is 6. The van der Waals surface area contributed by atoms with E-state index in [1.807, 2.05) is 6.07 Å². The largest absolute Gasteiger partial charge is 0.454 e. The highest BCUT2D eigenvalue weighted by molar-refractivity contribution is 5.91. The van der Waals surface area contributed by atoms with Gasteiger partial charge in [0.2, 0.25) is 12.7 Å². The van der Waals surface area contributed by atoms with Gasteiger partial charge in [0.1, 0.15) is 0 Å². The lowest BCUT2D eigenvalue weighted by Gasteiger charge is -2.32. The zero-order valence-corrected chi connectivity index (χ0v) is 17.5. The van der Waals surface area contributed by atoms with Gasteiger partial charge >= 0.3 is 6.03 Å². The molecule has 1 aromatic rings. The van der Waals surface area contributed by atoms with Crippen LogP contribution in [0.25, 0.3) is 0 Å². The van der Waals surface area contributed by atoms with Crippen molar-refractivity contribution >= 4 is 17.6 Å². The molecule has 2 aliphatic heterocycles. The Morgan fingerprint density at radius 1 is 0.933 bits per heavy atom. The van der Waals surface area contributed by atoms with E-state index < -0.39 is 0 Å². The van der Waals surface area contributed by atoms with Crippen LogP contribution < -0.4 is 25.4 Å². The molecule has 30 heavy (non-hydrogen) atoms. The Bertz CT molecular complexity index is 743. The number of fused-ring (bicyclic) bond motifs is 1. The highest BCUT2D eigenvalue weighted by Gasteiger charge is 2.23. The van der Waals surface area contributed by atoms with Gasteiger partial charge in [-0.15, -0.1) is 0 Å². The van der Waals surface area contributed by atoms with Crippen LogP contribution in [0.5, 0.6) is 11.5 Å². The summed E-state index contributed by atoms with van der Waals surface area (Å²) in [6.07, 6.45) is 8.18. The topological polar surface area (TPSA) is 91.9 Å². The first kappa shape index (κ1) is 20.8. The number of carbonyl (C=O) groups is 2. The van der Waals surface area contributed by atoms with Crippen molar-refractivity contribution in [2.45, 2.75) is 63.5 Å². The van der Waals surface area contributed by atoms with E-state index in [1.54, 1.807) is 12.1 Å². The molecule has 0 atom stereocenters. The molecule has 1 aliphatic carbocycles. The van der Waals surface area contributed by atoms with Crippen LogP contribution in [0.3, 0.4) is 0 Å². The lowest BCUT2D eigenvalue weighted by Crippen LogP contribution is -2.50. The SMILES string of the molecule is O=C(CCN1CCC(NC(=O)NC2CCCCC2)CC1)Nc1ccc2c(c1)OCO2.